The third-order valence-electron chi connectivity index (χ3n) is 3.94. The summed E-state index contributed by atoms with van der Waals surface area (Å²) in [4.78, 5) is 0. The van der Waals surface area contributed by atoms with Crippen molar-refractivity contribution < 1.29 is 0 Å². The van der Waals surface area contributed by atoms with E-state index >= 15 is 0 Å². The zero-order valence-electron chi connectivity index (χ0n) is 9.64. The molecule has 0 spiro atoms. The lowest BCUT2D eigenvalue weighted by Gasteiger charge is -2.31. The Bertz CT molecular complexity index is 170. The maximum atomic E-state index is 2.40. The monoisotopic (exact) mass is 180 g/mol. The van der Waals surface area contributed by atoms with Crippen LogP contribution < -0.4 is 0 Å². The molecule has 0 aliphatic heterocycles. The lowest BCUT2D eigenvalue weighted by molar-refractivity contribution is 0.243. The van der Waals surface area contributed by atoms with Crippen LogP contribution in [0.5, 0.6) is 0 Å². The van der Waals surface area contributed by atoms with Crippen molar-refractivity contribution in [1.29, 1.82) is 0 Å². The van der Waals surface area contributed by atoms with Gasteiger partial charge in [-0.25, -0.2) is 0 Å². The molecule has 0 nitrogen and oxygen atoms in total. The first-order valence-electron chi connectivity index (χ1n) is 5.78. The highest BCUT2D eigenvalue weighted by Crippen LogP contribution is 2.35. The lowest BCUT2D eigenvalue weighted by atomic mass is 9.75. The predicted octanol–water partition coefficient (Wildman–Crippen LogP) is 4.42. The number of allylic oxidation sites excluding steroid dienone is 2. The Hall–Kier alpha value is -0.260. The fourth-order valence-corrected chi connectivity index (χ4v) is 2.42. The molecule has 0 heteroatoms. The molecule has 0 N–H and O–H groups in total. The van der Waals surface area contributed by atoms with E-state index in [0.29, 0.717) is 0 Å². The molecule has 0 unspecified atom stereocenters. The minimum atomic E-state index is 0.817. The van der Waals surface area contributed by atoms with Crippen LogP contribution in [0.2, 0.25) is 0 Å². The van der Waals surface area contributed by atoms with E-state index in [-0.39, 0.29) is 0 Å². The molecular formula is C13H24. The molecule has 1 aliphatic rings. The Balaban J connectivity index is 2.44. The molecule has 0 aromatic carbocycles. The van der Waals surface area contributed by atoms with E-state index < -0.39 is 0 Å². The summed E-state index contributed by atoms with van der Waals surface area (Å²) in [6, 6.07) is 0. The normalized spacial score (nSPS) is 33.1. The first-order valence-corrected chi connectivity index (χ1v) is 5.78. The van der Waals surface area contributed by atoms with Gasteiger partial charge in [-0.3, -0.25) is 0 Å². The minimum Gasteiger partial charge on any atom is -0.0885 e. The number of hydrogen-bond acceptors (Lipinski definition) is 0. The molecule has 1 fully saturated rings. The van der Waals surface area contributed by atoms with Gasteiger partial charge in [0.25, 0.3) is 0 Å². The summed E-state index contributed by atoms with van der Waals surface area (Å²) in [7, 11) is 0. The maximum Gasteiger partial charge on any atom is -0.0206 e. The fourth-order valence-electron chi connectivity index (χ4n) is 2.42. The summed E-state index contributed by atoms with van der Waals surface area (Å²) in [5.41, 5.74) is 1.58. The van der Waals surface area contributed by atoms with Crippen molar-refractivity contribution in [2.75, 3.05) is 0 Å². The van der Waals surface area contributed by atoms with Gasteiger partial charge in [0.15, 0.2) is 0 Å². The average molecular weight is 180 g/mol. The molecule has 0 radical (unpaired) electrons. The topological polar surface area (TPSA) is 0 Å². The van der Waals surface area contributed by atoms with E-state index in [9.17, 15) is 0 Å². The Morgan fingerprint density at radius 2 is 1.77 bits per heavy atom. The van der Waals surface area contributed by atoms with Crippen LogP contribution in [0, 0.1) is 17.8 Å². The van der Waals surface area contributed by atoms with Crippen molar-refractivity contribution in [2.45, 2.75) is 53.4 Å². The minimum absolute atomic E-state index is 0.817. The Morgan fingerprint density at radius 3 is 2.23 bits per heavy atom. The summed E-state index contributed by atoms with van der Waals surface area (Å²) < 4.78 is 0. The highest BCUT2D eigenvalue weighted by atomic mass is 14.3. The van der Waals surface area contributed by atoms with E-state index in [1.807, 2.05) is 0 Å². The smallest absolute Gasteiger partial charge is 0.0206 e. The van der Waals surface area contributed by atoms with Crippen LogP contribution in [0.4, 0.5) is 0 Å². The van der Waals surface area contributed by atoms with E-state index in [2.05, 4.69) is 33.8 Å². The first-order chi connectivity index (χ1) is 6.15. The van der Waals surface area contributed by atoms with Gasteiger partial charge >= 0.3 is 0 Å². The Labute approximate surface area is 83.4 Å². The molecule has 0 heterocycles. The standard InChI is InChI=1S/C13H24/c1-5-11(3)12(4)13-8-6-10(2)7-9-13/h5,10,12-13H,6-9H2,1-4H3/b11-5+/t10?,12-,13?/m0/s1. The molecule has 0 aromatic heterocycles. The second-order valence-electron chi connectivity index (χ2n) is 4.84. The van der Waals surface area contributed by atoms with Crippen molar-refractivity contribution in [3.05, 3.63) is 11.6 Å². The second-order valence-corrected chi connectivity index (χ2v) is 4.84. The van der Waals surface area contributed by atoms with Crippen LogP contribution in [0.3, 0.4) is 0 Å². The summed E-state index contributed by atoms with van der Waals surface area (Å²) in [6.45, 7) is 9.24. The van der Waals surface area contributed by atoms with Gasteiger partial charge < -0.3 is 0 Å². The van der Waals surface area contributed by atoms with Gasteiger partial charge in [0, 0.05) is 0 Å². The summed E-state index contributed by atoms with van der Waals surface area (Å²) in [6.07, 6.45) is 8.09. The van der Waals surface area contributed by atoms with Gasteiger partial charge in [0.1, 0.15) is 0 Å². The molecule has 13 heavy (non-hydrogen) atoms. The first kappa shape index (κ1) is 10.8. The largest absolute Gasteiger partial charge is 0.0885 e. The highest BCUT2D eigenvalue weighted by molar-refractivity contribution is 5.02. The van der Waals surface area contributed by atoms with Gasteiger partial charge in [-0.1, -0.05) is 38.3 Å². The average Bonchev–Trinajstić information content (AvgIpc) is 2.17. The molecule has 0 saturated heterocycles. The summed E-state index contributed by atoms with van der Waals surface area (Å²) >= 11 is 0. The molecule has 1 saturated carbocycles. The predicted molar refractivity (Wildman–Crippen MR) is 59.7 cm³/mol. The van der Waals surface area contributed by atoms with Crippen molar-refractivity contribution in [1.82, 2.24) is 0 Å². The molecule has 1 atom stereocenters. The Morgan fingerprint density at radius 1 is 1.23 bits per heavy atom. The maximum absolute atomic E-state index is 2.40. The highest BCUT2D eigenvalue weighted by Gasteiger charge is 2.23. The van der Waals surface area contributed by atoms with Crippen molar-refractivity contribution in [3.63, 3.8) is 0 Å². The van der Waals surface area contributed by atoms with Crippen molar-refractivity contribution >= 4 is 0 Å². The second kappa shape index (κ2) is 4.83. The van der Waals surface area contributed by atoms with Crippen LogP contribution in [0.25, 0.3) is 0 Å². The van der Waals surface area contributed by atoms with Crippen LogP contribution in [-0.2, 0) is 0 Å². The van der Waals surface area contributed by atoms with Gasteiger partial charge in [-0.05, 0) is 44.4 Å². The summed E-state index contributed by atoms with van der Waals surface area (Å²) in [5, 5.41) is 0. The zero-order chi connectivity index (χ0) is 9.84. The molecular weight excluding hydrogens is 156 g/mol. The van der Waals surface area contributed by atoms with E-state index in [0.717, 1.165) is 17.8 Å². The fraction of sp³-hybridized carbons (Fsp3) is 0.846. The number of rotatable bonds is 2. The third kappa shape index (κ3) is 2.86. The SMILES string of the molecule is C/C=C(\C)[C@H](C)C1CCC(C)CC1. The van der Waals surface area contributed by atoms with Crippen LogP contribution in [0.15, 0.2) is 11.6 Å². The van der Waals surface area contributed by atoms with Crippen LogP contribution >= 0.6 is 0 Å². The van der Waals surface area contributed by atoms with Crippen molar-refractivity contribution in [3.8, 4) is 0 Å². The molecule has 0 amide bonds. The Kier molecular flexibility index (Phi) is 4.02. The molecule has 0 aromatic rings. The zero-order valence-corrected chi connectivity index (χ0v) is 9.64. The van der Waals surface area contributed by atoms with E-state index in [1.54, 1.807) is 5.57 Å². The van der Waals surface area contributed by atoms with Crippen molar-refractivity contribution in [2.24, 2.45) is 17.8 Å². The van der Waals surface area contributed by atoms with Gasteiger partial charge in [0.05, 0.1) is 0 Å². The summed E-state index contributed by atoms with van der Waals surface area (Å²) in [5.74, 6) is 2.76. The van der Waals surface area contributed by atoms with Crippen LogP contribution in [-0.4, -0.2) is 0 Å². The third-order valence-corrected chi connectivity index (χ3v) is 3.94. The van der Waals surface area contributed by atoms with Gasteiger partial charge in [-0.15, -0.1) is 0 Å². The molecule has 76 valence electrons. The quantitative estimate of drug-likeness (QED) is 0.552. The molecule has 0 bridgehead atoms. The van der Waals surface area contributed by atoms with Gasteiger partial charge in [0.2, 0.25) is 0 Å². The van der Waals surface area contributed by atoms with Gasteiger partial charge in [-0.2, -0.15) is 0 Å². The molecule has 1 aliphatic carbocycles. The number of hydrogen-bond donors (Lipinski definition) is 0. The van der Waals surface area contributed by atoms with E-state index in [1.165, 1.54) is 25.7 Å². The van der Waals surface area contributed by atoms with E-state index in [4.69, 9.17) is 0 Å². The van der Waals surface area contributed by atoms with Crippen LogP contribution in [0.1, 0.15) is 53.4 Å². The molecule has 1 rings (SSSR count). The lowest BCUT2D eigenvalue weighted by Crippen LogP contribution is -2.19.